The Labute approximate surface area is 63.3 Å². The fraction of sp³-hybridized carbons (Fsp3) is 0. The Kier molecular flexibility index (Phi) is 1.91. The molecule has 5 nitrogen and oxygen atoms in total. The van der Waals surface area contributed by atoms with Crippen molar-refractivity contribution in [3.63, 3.8) is 0 Å². The molecule has 58 valence electrons. The first kappa shape index (κ1) is 7.33. The van der Waals surface area contributed by atoms with Crippen molar-refractivity contribution in [1.82, 2.24) is 9.88 Å². The van der Waals surface area contributed by atoms with Crippen LogP contribution in [0, 0.1) is 5.41 Å². The summed E-state index contributed by atoms with van der Waals surface area (Å²) in [6.45, 7) is 0. The second-order valence-corrected chi connectivity index (χ2v) is 1.93. The Bertz CT molecular complexity index is 264. The predicted molar refractivity (Wildman–Crippen MR) is 40.3 cm³/mol. The summed E-state index contributed by atoms with van der Waals surface area (Å²) < 4.78 is 1.29. The molecule has 0 radical (unpaired) electrons. The second kappa shape index (κ2) is 2.87. The Morgan fingerprint density at radius 3 is 2.45 bits per heavy atom. The van der Waals surface area contributed by atoms with E-state index >= 15 is 0 Å². The van der Waals surface area contributed by atoms with Gasteiger partial charge in [0.15, 0.2) is 5.96 Å². The molecular formula is C6H8N4O. The van der Waals surface area contributed by atoms with Crippen molar-refractivity contribution >= 4 is 12.0 Å². The minimum atomic E-state index is -0.428. The van der Waals surface area contributed by atoms with Crippen LogP contribution in [0.15, 0.2) is 24.5 Å². The second-order valence-electron chi connectivity index (χ2n) is 1.93. The first-order valence-electron chi connectivity index (χ1n) is 2.98. The fourth-order valence-electron chi connectivity index (χ4n) is 0.650. The Morgan fingerprint density at radius 1 is 1.45 bits per heavy atom. The molecule has 4 N–H and O–H groups in total. The van der Waals surface area contributed by atoms with Crippen molar-refractivity contribution in [3.05, 3.63) is 24.5 Å². The number of hydrogen-bond donors (Lipinski definition) is 3. The van der Waals surface area contributed by atoms with Crippen LogP contribution in [-0.2, 0) is 0 Å². The van der Waals surface area contributed by atoms with Crippen molar-refractivity contribution in [3.8, 4) is 0 Å². The molecule has 1 aromatic heterocycles. The van der Waals surface area contributed by atoms with E-state index in [9.17, 15) is 4.79 Å². The number of nitrogens with two attached hydrogens (primary N) is 1. The minimum absolute atomic E-state index is 0.358. The van der Waals surface area contributed by atoms with E-state index in [0.29, 0.717) is 0 Å². The van der Waals surface area contributed by atoms with Gasteiger partial charge in [0.1, 0.15) is 0 Å². The molecule has 1 rings (SSSR count). The van der Waals surface area contributed by atoms with Crippen LogP contribution in [0.5, 0.6) is 0 Å². The Balaban J connectivity index is 2.64. The molecule has 0 unspecified atom stereocenters. The number of nitrogens with one attached hydrogen (secondary N) is 2. The van der Waals surface area contributed by atoms with E-state index in [-0.39, 0.29) is 5.96 Å². The van der Waals surface area contributed by atoms with E-state index in [1.165, 1.54) is 4.57 Å². The third kappa shape index (κ3) is 1.82. The van der Waals surface area contributed by atoms with Gasteiger partial charge < -0.3 is 5.73 Å². The van der Waals surface area contributed by atoms with Crippen LogP contribution in [-0.4, -0.2) is 16.6 Å². The van der Waals surface area contributed by atoms with Crippen molar-refractivity contribution < 1.29 is 4.79 Å². The number of carbonyl (C=O) groups excluding carboxylic acids is 1. The maximum Gasteiger partial charge on any atom is 0.332 e. The number of hydrogen-bond acceptors (Lipinski definition) is 2. The first-order valence-corrected chi connectivity index (χ1v) is 2.98. The smallest absolute Gasteiger partial charge is 0.332 e. The summed E-state index contributed by atoms with van der Waals surface area (Å²) in [4.78, 5) is 10.9. The Morgan fingerprint density at radius 2 is 2.00 bits per heavy atom. The minimum Gasteiger partial charge on any atom is -0.370 e. The third-order valence-corrected chi connectivity index (χ3v) is 1.08. The van der Waals surface area contributed by atoms with Gasteiger partial charge in [0.05, 0.1) is 0 Å². The van der Waals surface area contributed by atoms with Gasteiger partial charge in [-0.1, -0.05) is 0 Å². The molecule has 0 spiro atoms. The molecule has 0 aliphatic heterocycles. The highest BCUT2D eigenvalue weighted by Gasteiger charge is 2.00. The van der Waals surface area contributed by atoms with Crippen molar-refractivity contribution in [2.24, 2.45) is 5.73 Å². The quantitative estimate of drug-likeness (QED) is 0.359. The van der Waals surface area contributed by atoms with E-state index in [1.807, 2.05) is 0 Å². The molecule has 5 heteroatoms. The molecule has 1 amide bonds. The summed E-state index contributed by atoms with van der Waals surface area (Å²) in [6.07, 6.45) is 3.14. The maximum atomic E-state index is 10.9. The lowest BCUT2D eigenvalue weighted by Crippen LogP contribution is -2.37. The fourth-order valence-corrected chi connectivity index (χ4v) is 0.650. The molecule has 1 aromatic rings. The number of aromatic nitrogens is 1. The molecule has 0 aliphatic rings. The van der Waals surface area contributed by atoms with E-state index in [2.05, 4.69) is 5.32 Å². The SMILES string of the molecule is N=C(N)NC(=O)n1cccc1. The summed E-state index contributed by atoms with van der Waals surface area (Å²) in [5, 5.41) is 8.89. The van der Waals surface area contributed by atoms with Crippen LogP contribution in [0.2, 0.25) is 0 Å². The largest absolute Gasteiger partial charge is 0.370 e. The van der Waals surface area contributed by atoms with Crippen LogP contribution >= 0.6 is 0 Å². The van der Waals surface area contributed by atoms with Crippen LogP contribution in [0.3, 0.4) is 0 Å². The lowest BCUT2D eigenvalue weighted by molar-refractivity contribution is 0.246. The predicted octanol–water partition coefficient (Wildman–Crippen LogP) is -0.0607. The molecule has 0 aromatic carbocycles. The van der Waals surface area contributed by atoms with Gasteiger partial charge in [-0.05, 0) is 12.1 Å². The molecule has 0 saturated heterocycles. The highest BCUT2D eigenvalue weighted by Crippen LogP contribution is 1.87. The zero-order chi connectivity index (χ0) is 8.27. The average Bonchev–Trinajstić information content (AvgIpc) is 2.35. The number of carbonyl (C=O) groups is 1. The summed E-state index contributed by atoms with van der Waals surface area (Å²) in [6, 6.07) is 2.99. The molecular weight excluding hydrogens is 144 g/mol. The van der Waals surface area contributed by atoms with E-state index in [1.54, 1.807) is 24.5 Å². The molecule has 1 heterocycles. The molecule has 0 bridgehead atoms. The van der Waals surface area contributed by atoms with Crippen molar-refractivity contribution in [1.29, 1.82) is 5.41 Å². The van der Waals surface area contributed by atoms with Crippen molar-refractivity contribution in [2.75, 3.05) is 0 Å². The topological polar surface area (TPSA) is 83.9 Å². The molecule has 0 fully saturated rings. The normalized spacial score (nSPS) is 9.09. The van der Waals surface area contributed by atoms with Crippen molar-refractivity contribution in [2.45, 2.75) is 0 Å². The molecule has 0 atom stereocenters. The van der Waals surface area contributed by atoms with Crippen LogP contribution < -0.4 is 11.1 Å². The highest BCUT2D eigenvalue weighted by atomic mass is 16.2. The molecule has 0 aliphatic carbocycles. The lowest BCUT2D eigenvalue weighted by atomic mass is 10.7. The van der Waals surface area contributed by atoms with Gasteiger partial charge >= 0.3 is 6.03 Å². The number of guanidine groups is 1. The van der Waals surface area contributed by atoms with Gasteiger partial charge in [-0.2, -0.15) is 0 Å². The zero-order valence-electron chi connectivity index (χ0n) is 5.74. The number of rotatable bonds is 0. The van der Waals surface area contributed by atoms with Gasteiger partial charge in [-0.3, -0.25) is 15.3 Å². The zero-order valence-corrected chi connectivity index (χ0v) is 5.74. The lowest BCUT2D eigenvalue weighted by Gasteiger charge is -2.01. The van der Waals surface area contributed by atoms with Crippen LogP contribution in [0.4, 0.5) is 4.79 Å². The summed E-state index contributed by atoms with van der Waals surface area (Å²) >= 11 is 0. The van der Waals surface area contributed by atoms with Gasteiger partial charge in [0.25, 0.3) is 0 Å². The number of amides is 1. The molecule has 0 saturated carbocycles. The summed E-state index contributed by atoms with van der Waals surface area (Å²) in [5.74, 6) is -0.358. The van der Waals surface area contributed by atoms with E-state index in [0.717, 1.165) is 0 Å². The van der Waals surface area contributed by atoms with Gasteiger partial charge in [0.2, 0.25) is 0 Å². The monoisotopic (exact) mass is 152 g/mol. The van der Waals surface area contributed by atoms with Crippen LogP contribution in [0.25, 0.3) is 0 Å². The van der Waals surface area contributed by atoms with E-state index in [4.69, 9.17) is 11.1 Å². The van der Waals surface area contributed by atoms with Gasteiger partial charge in [-0.15, -0.1) is 0 Å². The Hall–Kier alpha value is -1.78. The average molecular weight is 152 g/mol. The maximum absolute atomic E-state index is 10.9. The summed E-state index contributed by atoms with van der Waals surface area (Å²) in [5.41, 5.74) is 4.94. The van der Waals surface area contributed by atoms with Crippen LogP contribution in [0.1, 0.15) is 0 Å². The van der Waals surface area contributed by atoms with Gasteiger partial charge in [-0.25, -0.2) is 4.79 Å². The third-order valence-electron chi connectivity index (χ3n) is 1.08. The number of nitrogens with zero attached hydrogens (tertiary/aromatic N) is 1. The van der Waals surface area contributed by atoms with E-state index < -0.39 is 6.03 Å². The summed E-state index contributed by atoms with van der Waals surface area (Å²) in [7, 11) is 0. The first-order chi connectivity index (χ1) is 5.20. The standard InChI is InChI=1S/C6H8N4O/c7-5(8)9-6(11)10-3-1-2-4-10/h1-4H,(H4,7,8,9,11). The molecule has 11 heavy (non-hydrogen) atoms. The van der Waals surface area contributed by atoms with Gasteiger partial charge in [0, 0.05) is 12.4 Å². The highest BCUT2D eigenvalue weighted by molar-refractivity contribution is 5.94.